The highest BCUT2D eigenvalue weighted by Crippen LogP contribution is 2.25. The van der Waals surface area contributed by atoms with Crippen LogP contribution in [0, 0.1) is 5.41 Å². The van der Waals surface area contributed by atoms with Gasteiger partial charge in [-0.15, -0.1) is 0 Å². The van der Waals surface area contributed by atoms with Crippen molar-refractivity contribution in [3.8, 4) is 0 Å². The number of likely N-dealkylation sites (N-methyl/N-ethyl adjacent to an activating group) is 1. The van der Waals surface area contributed by atoms with Gasteiger partial charge in [-0.3, -0.25) is 0 Å². The lowest BCUT2D eigenvalue weighted by molar-refractivity contribution is -0.0343. The molecule has 0 saturated carbocycles. The van der Waals surface area contributed by atoms with Crippen LogP contribution in [-0.4, -0.2) is 68.8 Å². The molecule has 2 unspecified atom stereocenters. The highest BCUT2D eigenvalue weighted by molar-refractivity contribution is 7.88. The van der Waals surface area contributed by atoms with Gasteiger partial charge < -0.3 is 9.64 Å². The van der Waals surface area contributed by atoms with Crippen LogP contribution in [0.3, 0.4) is 0 Å². The number of hydrogen-bond donors (Lipinski definition) is 0. The van der Waals surface area contributed by atoms with Crippen molar-refractivity contribution < 1.29 is 13.2 Å². The van der Waals surface area contributed by atoms with Crippen molar-refractivity contribution >= 4 is 10.0 Å². The van der Waals surface area contributed by atoms with Crippen molar-refractivity contribution in [3.05, 3.63) is 0 Å². The lowest BCUT2D eigenvalue weighted by atomic mass is 9.90. The van der Waals surface area contributed by atoms with E-state index in [0.717, 1.165) is 0 Å². The molecule has 2 atom stereocenters. The Bertz CT molecular complexity index is 433. The van der Waals surface area contributed by atoms with Gasteiger partial charge in [0.1, 0.15) is 0 Å². The van der Waals surface area contributed by atoms with E-state index < -0.39 is 15.6 Å². The van der Waals surface area contributed by atoms with Gasteiger partial charge in [0.2, 0.25) is 10.0 Å². The summed E-state index contributed by atoms with van der Waals surface area (Å²) in [5.74, 6) is 0. The number of hydrogen-bond acceptors (Lipinski definition) is 4. The van der Waals surface area contributed by atoms with Gasteiger partial charge >= 0.3 is 0 Å². The van der Waals surface area contributed by atoms with Gasteiger partial charge in [-0.1, -0.05) is 20.8 Å². The molecule has 0 aromatic rings. The molecule has 0 fully saturated rings. The van der Waals surface area contributed by atoms with Crippen LogP contribution in [0.5, 0.6) is 0 Å². The van der Waals surface area contributed by atoms with E-state index in [0.29, 0.717) is 13.2 Å². The smallest absolute Gasteiger partial charge is 0.212 e. The molecule has 0 aromatic heterocycles. The minimum atomic E-state index is -3.32. The fourth-order valence-electron chi connectivity index (χ4n) is 2.44. The fourth-order valence-corrected chi connectivity index (χ4v) is 4.10. The first kappa shape index (κ1) is 21.8. The van der Waals surface area contributed by atoms with Crippen LogP contribution >= 0.6 is 0 Å². The third-order valence-electron chi connectivity index (χ3n) is 3.68. The molecule has 0 spiro atoms. The summed E-state index contributed by atoms with van der Waals surface area (Å²) in [6, 6.07) is -0.213. The molecule has 22 heavy (non-hydrogen) atoms. The first-order valence-corrected chi connectivity index (χ1v) is 9.67. The molecule has 0 N–H and O–H groups in total. The molecule has 0 rings (SSSR count). The highest BCUT2D eigenvalue weighted by Gasteiger charge is 2.37. The molecular formula is C16H36N2O3S. The lowest BCUT2D eigenvalue weighted by Gasteiger charge is -2.41. The number of nitrogens with zero attached hydrogens (tertiary/aromatic N) is 2. The average Bonchev–Trinajstić information content (AvgIpc) is 2.18. The van der Waals surface area contributed by atoms with Crippen molar-refractivity contribution in [3.63, 3.8) is 0 Å². The Hall–Kier alpha value is -0.170. The van der Waals surface area contributed by atoms with E-state index in [-0.39, 0.29) is 17.6 Å². The van der Waals surface area contributed by atoms with Crippen molar-refractivity contribution in [1.82, 2.24) is 9.21 Å². The van der Waals surface area contributed by atoms with E-state index >= 15 is 0 Å². The van der Waals surface area contributed by atoms with E-state index in [4.69, 9.17) is 4.74 Å². The quantitative estimate of drug-likeness (QED) is 0.716. The molecule has 0 saturated heterocycles. The minimum absolute atomic E-state index is 0.0281. The van der Waals surface area contributed by atoms with Gasteiger partial charge in [0.25, 0.3) is 0 Å². The maximum absolute atomic E-state index is 12.3. The van der Waals surface area contributed by atoms with Crippen LogP contribution < -0.4 is 0 Å². The Morgan fingerprint density at radius 1 is 1.05 bits per heavy atom. The largest absolute Gasteiger partial charge is 0.376 e. The second-order valence-electron chi connectivity index (χ2n) is 8.49. The van der Waals surface area contributed by atoms with Crippen LogP contribution in [0.15, 0.2) is 0 Å². The van der Waals surface area contributed by atoms with Crippen LogP contribution in [0.2, 0.25) is 0 Å². The number of sulfonamides is 1. The van der Waals surface area contributed by atoms with E-state index in [1.165, 1.54) is 6.26 Å². The Kier molecular flexibility index (Phi) is 7.54. The number of ether oxygens (including phenoxy) is 1. The molecule has 5 nitrogen and oxygen atoms in total. The second kappa shape index (κ2) is 7.60. The molecule has 6 heteroatoms. The Morgan fingerprint density at radius 3 is 1.77 bits per heavy atom. The van der Waals surface area contributed by atoms with Gasteiger partial charge in [-0.2, -0.15) is 4.31 Å². The van der Waals surface area contributed by atoms with Crippen LogP contribution in [0.1, 0.15) is 48.5 Å². The summed E-state index contributed by atoms with van der Waals surface area (Å²) in [7, 11) is 0.571. The molecule has 0 aromatic carbocycles. The third kappa shape index (κ3) is 7.40. The fraction of sp³-hybridized carbons (Fsp3) is 1.00. The van der Waals surface area contributed by atoms with E-state index in [1.807, 2.05) is 46.7 Å². The Labute approximate surface area is 138 Å². The third-order valence-corrected chi connectivity index (χ3v) is 5.24. The van der Waals surface area contributed by atoms with E-state index in [1.54, 1.807) is 4.31 Å². The van der Waals surface area contributed by atoms with Gasteiger partial charge in [-0.25, -0.2) is 8.42 Å². The SMILES string of the molecule is CC(OCC(CN(C)C)N(C(C)(C)C)S(C)(=O)=O)C(C)(C)C. The summed E-state index contributed by atoms with van der Waals surface area (Å²) in [6.07, 6.45) is 1.33. The second-order valence-corrected chi connectivity index (χ2v) is 10.3. The van der Waals surface area contributed by atoms with Gasteiger partial charge in [0.05, 0.1) is 25.0 Å². The summed E-state index contributed by atoms with van der Waals surface area (Å²) < 4.78 is 32.2. The monoisotopic (exact) mass is 336 g/mol. The molecule has 0 aliphatic heterocycles. The highest BCUT2D eigenvalue weighted by atomic mass is 32.2. The predicted octanol–water partition coefficient (Wildman–Crippen LogP) is 2.43. The topological polar surface area (TPSA) is 49.9 Å². The molecule has 0 amide bonds. The van der Waals surface area contributed by atoms with Crippen molar-refractivity contribution in [2.45, 2.75) is 66.2 Å². The summed E-state index contributed by atoms with van der Waals surface area (Å²) in [5.41, 5.74) is -0.455. The van der Waals surface area contributed by atoms with E-state index in [2.05, 4.69) is 20.8 Å². The summed E-state index contributed by atoms with van der Waals surface area (Å²) >= 11 is 0. The zero-order chi connectivity index (χ0) is 17.9. The van der Waals surface area contributed by atoms with E-state index in [9.17, 15) is 8.42 Å². The van der Waals surface area contributed by atoms with Crippen molar-refractivity contribution in [2.75, 3.05) is 33.5 Å². The van der Waals surface area contributed by atoms with Crippen LogP contribution in [0.4, 0.5) is 0 Å². The zero-order valence-electron chi connectivity index (χ0n) is 16.1. The molecule has 0 aliphatic rings. The lowest BCUT2D eigenvalue weighted by Crippen LogP contribution is -2.56. The minimum Gasteiger partial charge on any atom is -0.376 e. The van der Waals surface area contributed by atoms with Gasteiger partial charge in [-0.05, 0) is 47.2 Å². The maximum atomic E-state index is 12.3. The van der Waals surface area contributed by atoms with Crippen LogP contribution in [-0.2, 0) is 14.8 Å². The first-order chi connectivity index (χ1) is 9.56. The normalized spacial score (nSPS) is 17.1. The van der Waals surface area contributed by atoms with Crippen molar-refractivity contribution in [2.24, 2.45) is 5.41 Å². The zero-order valence-corrected chi connectivity index (χ0v) is 16.9. The Morgan fingerprint density at radius 2 is 1.50 bits per heavy atom. The van der Waals surface area contributed by atoms with Crippen LogP contribution in [0.25, 0.3) is 0 Å². The van der Waals surface area contributed by atoms with Gasteiger partial charge in [0, 0.05) is 12.1 Å². The molecular weight excluding hydrogens is 300 g/mol. The molecule has 0 radical (unpaired) electrons. The summed E-state index contributed by atoms with van der Waals surface area (Å²) in [4.78, 5) is 2.00. The standard InChI is InChI=1S/C16H36N2O3S/c1-13(15(2,3)4)21-12-14(11-17(8)9)18(16(5,6)7)22(10,19)20/h13-14H,11-12H2,1-10H3. The summed E-state index contributed by atoms with van der Waals surface area (Å²) in [5, 5.41) is 0. The van der Waals surface area contributed by atoms with Gasteiger partial charge in [0.15, 0.2) is 0 Å². The molecule has 0 aliphatic carbocycles. The molecule has 134 valence electrons. The first-order valence-electron chi connectivity index (χ1n) is 7.82. The maximum Gasteiger partial charge on any atom is 0.212 e. The number of rotatable bonds is 7. The summed E-state index contributed by atoms with van der Waals surface area (Å²) in [6.45, 7) is 15.2. The van der Waals surface area contributed by atoms with Crippen molar-refractivity contribution in [1.29, 1.82) is 0 Å². The molecule has 0 bridgehead atoms. The predicted molar refractivity (Wildman–Crippen MR) is 93.6 cm³/mol. The molecule has 0 heterocycles. The Balaban J connectivity index is 5.34. The average molecular weight is 337 g/mol.